The molecule has 0 aromatic rings. The minimum Gasteiger partial charge on any atom is -0.462 e. The zero-order valence-electron chi connectivity index (χ0n) is 34.8. The lowest BCUT2D eigenvalue weighted by molar-refractivity contribution is -0.167. The van der Waals surface area contributed by atoms with Crippen molar-refractivity contribution in [3.63, 3.8) is 0 Å². The molecule has 0 N–H and O–H groups in total. The van der Waals surface area contributed by atoms with Crippen molar-refractivity contribution >= 4 is 17.9 Å². The number of ether oxygens (including phenoxy) is 3. The standard InChI is InChI=1S/C47H82O6/c1-4-7-10-13-16-19-20-21-22-23-24-25-26-29-31-34-37-40-46(49)52-43-44(53-47(50)41-38-35-32-28-18-15-12-9-6-3)42-51-45(48)39-36-33-30-27-17-14-11-8-5-2/h9,12,18,21-22,27-28,30,44H,4-8,10-11,13-17,19-20,23-26,29,31-43H2,1-3H3/b12-9-,22-21-,28-18-,30-27-. The van der Waals surface area contributed by atoms with Gasteiger partial charge < -0.3 is 14.2 Å². The molecule has 0 aromatic heterocycles. The Balaban J connectivity index is 4.33. The van der Waals surface area contributed by atoms with Gasteiger partial charge in [0.05, 0.1) is 0 Å². The lowest BCUT2D eigenvalue weighted by atomic mass is 10.1. The lowest BCUT2D eigenvalue weighted by Crippen LogP contribution is -2.30. The summed E-state index contributed by atoms with van der Waals surface area (Å²) < 4.78 is 16.6. The van der Waals surface area contributed by atoms with Crippen LogP contribution in [0.15, 0.2) is 48.6 Å². The van der Waals surface area contributed by atoms with Crippen LogP contribution < -0.4 is 0 Å². The Kier molecular flexibility index (Phi) is 40.0. The van der Waals surface area contributed by atoms with E-state index in [0.29, 0.717) is 25.7 Å². The van der Waals surface area contributed by atoms with Gasteiger partial charge in [-0.15, -0.1) is 0 Å². The highest BCUT2D eigenvalue weighted by Crippen LogP contribution is 2.13. The van der Waals surface area contributed by atoms with E-state index in [1.165, 1.54) is 103 Å². The van der Waals surface area contributed by atoms with E-state index >= 15 is 0 Å². The Labute approximate surface area is 327 Å². The summed E-state index contributed by atoms with van der Waals surface area (Å²) in [6.45, 7) is 6.40. The largest absolute Gasteiger partial charge is 0.462 e. The van der Waals surface area contributed by atoms with Gasteiger partial charge in [0.15, 0.2) is 6.10 Å². The van der Waals surface area contributed by atoms with Crippen molar-refractivity contribution in [1.82, 2.24) is 0 Å². The molecule has 0 aliphatic heterocycles. The third-order valence-electron chi connectivity index (χ3n) is 9.29. The first-order valence-corrected chi connectivity index (χ1v) is 22.1. The average Bonchev–Trinajstić information content (AvgIpc) is 3.15. The minimum atomic E-state index is -0.797. The fraction of sp³-hybridized carbons (Fsp3) is 0.766. The number of esters is 3. The lowest BCUT2D eigenvalue weighted by Gasteiger charge is -2.18. The van der Waals surface area contributed by atoms with Gasteiger partial charge in [0.25, 0.3) is 0 Å². The summed E-state index contributed by atoms with van der Waals surface area (Å²) in [5.41, 5.74) is 0. The summed E-state index contributed by atoms with van der Waals surface area (Å²) in [5, 5.41) is 0. The SMILES string of the molecule is CC/C=C\C/C=C\CCCCC(=O)OC(COC(=O)CCC/C=C\CCCCCC)COC(=O)CCCCCCCCC/C=C\CCCCCCCC. The quantitative estimate of drug-likeness (QED) is 0.0270. The first kappa shape index (κ1) is 50.4. The molecular formula is C47H82O6. The highest BCUT2D eigenvalue weighted by atomic mass is 16.6. The molecule has 306 valence electrons. The molecular weight excluding hydrogens is 661 g/mol. The van der Waals surface area contributed by atoms with E-state index in [2.05, 4.69) is 69.4 Å². The van der Waals surface area contributed by atoms with Crippen molar-refractivity contribution in [2.24, 2.45) is 0 Å². The summed E-state index contributed by atoms with van der Waals surface area (Å²) in [6, 6.07) is 0. The maximum Gasteiger partial charge on any atom is 0.306 e. The third-order valence-corrected chi connectivity index (χ3v) is 9.29. The Bertz CT molecular complexity index is 949. The smallest absolute Gasteiger partial charge is 0.306 e. The fourth-order valence-electron chi connectivity index (χ4n) is 5.95. The van der Waals surface area contributed by atoms with Crippen LogP contribution in [0.2, 0.25) is 0 Å². The van der Waals surface area contributed by atoms with Crippen LogP contribution in [0.3, 0.4) is 0 Å². The van der Waals surface area contributed by atoms with Crippen LogP contribution in [-0.4, -0.2) is 37.2 Å². The van der Waals surface area contributed by atoms with E-state index in [0.717, 1.165) is 57.8 Å². The van der Waals surface area contributed by atoms with Crippen molar-refractivity contribution in [2.75, 3.05) is 13.2 Å². The molecule has 0 heterocycles. The van der Waals surface area contributed by atoms with Crippen molar-refractivity contribution in [1.29, 1.82) is 0 Å². The van der Waals surface area contributed by atoms with Crippen molar-refractivity contribution in [3.8, 4) is 0 Å². The minimum absolute atomic E-state index is 0.0972. The number of hydrogen-bond acceptors (Lipinski definition) is 6. The van der Waals surface area contributed by atoms with Gasteiger partial charge in [-0.05, 0) is 89.9 Å². The van der Waals surface area contributed by atoms with Gasteiger partial charge in [0.2, 0.25) is 0 Å². The number of hydrogen-bond donors (Lipinski definition) is 0. The highest BCUT2D eigenvalue weighted by molar-refractivity contribution is 5.71. The number of rotatable bonds is 39. The zero-order chi connectivity index (χ0) is 38.7. The van der Waals surface area contributed by atoms with E-state index in [4.69, 9.17) is 14.2 Å². The number of allylic oxidation sites excluding steroid dienone is 8. The second-order valence-electron chi connectivity index (χ2n) is 14.6. The summed E-state index contributed by atoms with van der Waals surface area (Å²) in [6.07, 6.45) is 48.3. The number of carbonyl (C=O) groups excluding carboxylic acids is 3. The van der Waals surface area contributed by atoms with Gasteiger partial charge in [-0.25, -0.2) is 0 Å². The monoisotopic (exact) mass is 743 g/mol. The topological polar surface area (TPSA) is 78.9 Å². The maximum atomic E-state index is 12.6. The molecule has 1 atom stereocenters. The van der Waals surface area contributed by atoms with Crippen molar-refractivity contribution in [3.05, 3.63) is 48.6 Å². The summed E-state index contributed by atoms with van der Waals surface area (Å²) in [5.74, 6) is -0.980. The molecule has 0 aliphatic rings. The molecule has 0 rings (SSSR count). The molecule has 6 heteroatoms. The molecule has 0 radical (unpaired) electrons. The normalized spacial score (nSPS) is 12.4. The van der Waals surface area contributed by atoms with Crippen LogP contribution in [0.4, 0.5) is 0 Å². The first-order valence-electron chi connectivity index (χ1n) is 22.1. The van der Waals surface area contributed by atoms with Gasteiger partial charge in [0, 0.05) is 19.3 Å². The Morgan fingerprint density at radius 2 is 0.755 bits per heavy atom. The first-order chi connectivity index (χ1) is 26.0. The molecule has 0 amide bonds. The van der Waals surface area contributed by atoms with E-state index in [1.807, 2.05) is 0 Å². The number of carbonyl (C=O) groups is 3. The fourth-order valence-corrected chi connectivity index (χ4v) is 5.95. The highest BCUT2D eigenvalue weighted by Gasteiger charge is 2.19. The number of unbranched alkanes of at least 4 members (excludes halogenated alkanes) is 20. The molecule has 0 aromatic carbocycles. The predicted octanol–water partition coefficient (Wildman–Crippen LogP) is 14.0. The molecule has 0 saturated carbocycles. The molecule has 53 heavy (non-hydrogen) atoms. The van der Waals surface area contributed by atoms with Gasteiger partial charge in [-0.3, -0.25) is 14.4 Å². The molecule has 0 saturated heterocycles. The van der Waals surface area contributed by atoms with Crippen molar-refractivity contribution < 1.29 is 28.6 Å². The maximum absolute atomic E-state index is 12.6. The summed E-state index contributed by atoms with van der Waals surface area (Å²) >= 11 is 0. The van der Waals surface area contributed by atoms with E-state index in [9.17, 15) is 14.4 Å². The van der Waals surface area contributed by atoms with Gasteiger partial charge in [0.1, 0.15) is 13.2 Å². The summed E-state index contributed by atoms with van der Waals surface area (Å²) in [4.78, 5) is 37.5. The van der Waals surface area contributed by atoms with Crippen LogP contribution in [0.25, 0.3) is 0 Å². The van der Waals surface area contributed by atoms with Gasteiger partial charge in [-0.1, -0.05) is 153 Å². The van der Waals surface area contributed by atoms with Crippen LogP contribution in [0, 0.1) is 0 Å². The van der Waals surface area contributed by atoms with Crippen LogP contribution in [0.1, 0.15) is 213 Å². The van der Waals surface area contributed by atoms with E-state index < -0.39 is 6.10 Å². The Morgan fingerprint density at radius 3 is 1.28 bits per heavy atom. The predicted molar refractivity (Wildman–Crippen MR) is 224 cm³/mol. The molecule has 0 spiro atoms. The third kappa shape index (κ3) is 40.4. The van der Waals surface area contributed by atoms with Crippen molar-refractivity contribution in [2.45, 2.75) is 219 Å². The second-order valence-corrected chi connectivity index (χ2v) is 14.6. The Hall–Kier alpha value is -2.63. The summed E-state index contributed by atoms with van der Waals surface area (Å²) in [7, 11) is 0. The zero-order valence-corrected chi connectivity index (χ0v) is 34.8. The van der Waals surface area contributed by atoms with Crippen LogP contribution in [0.5, 0.6) is 0 Å². The van der Waals surface area contributed by atoms with Gasteiger partial charge >= 0.3 is 17.9 Å². The second kappa shape index (κ2) is 42.1. The molecule has 0 aliphatic carbocycles. The molecule has 0 fully saturated rings. The molecule has 1 unspecified atom stereocenters. The molecule has 0 bridgehead atoms. The van der Waals surface area contributed by atoms with Gasteiger partial charge in [-0.2, -0.15) is 0 Å². The van der Waals surface area contributed by atoms with Crippen LogP contribution in [-0.2, 0) is 28.6 Å². The average molecular weight is 743 g/mol. The Morgan fingerprint density at radius 1 is 0.396 bits per heavy atom. The van der Waals surface area contributed by atoms with E-state index in [1.54, 1.807) is 0 Å². The van der Waals surface area contributed by atoms with Crippen LogP contribution >= 0.6 is 0 Å². The molecule has 6 nitrogen and oxygen atoms in total. The van der Waals surface area contributed by atoms with E-state index in [-0.39, 0.29) is 37.5 Å².